The minimum absolute atomic E-state index is 0.0577. The van der Waals surface area contributed by atoms with Gasteiger partial charge in [0, 0.05) is 12.3 Å². The van der Waals surface area contributed by atoms with E-state index in [0.717, 1.165) is 22.3 Å². The number of ether oxygens (including phenoxy) is 1. The summed E-state index contributed by atoms with van der Waals surface area (Å²) < 4.78 is 5.51. The molecule has 2 atom stereocenters. The van der Waals surface area contributed by atoms with Crippen LogP contribution in [0.2, 0.25) is 0 Å². The zero-order valence-corrected chi connectivity index (χ0v) is 18.2. The van der Waals surface area contributed by atoms with E-state index >= 15 is 0 Å². The summed E-state index contributed by atoms with van der Waals surface area (Å²) >= 11 is 0. The number of aliphatic hydroxyl groups is 1. The van der Waals surface area contributed by atoms with Crippen molar-refractivity contribution >= 4 is 12.2 Å². The first-order chi connectivity index (χ1) is 15.8. The van der Waals surface area contributed by atoms with Gasteiger partial charge in [0.1, 0.15) is 12.3 Å². The quantitative estimate of drug-likeness (QED) is 0.489. The van der Waals surface area contributed by atoms with E-state index in [-0.39, 0.29) is 18.9 Å². The minimum Gasteiger partial charge on any atom is -0.464 e. The van der Waals surface area contributed by atoms with E-state index in [1.165, 1.54) is 6.92 Å². The number of nitrogens with two attached hydrogens (primary N) is 1. The van der Waals surface area contributed by atoms with E-state index in [1.807, 2.05) is 54.6 Å². The molecule has 0 heterocycles. The standard InChI is InChI=1S/C26H26N2O5/c1-17(29)26(27,15-18-9-3-2-4-10-18)28(24(30)31)25(32)33-16-23-21-13-7-5-11-19(21)20-12-6-8-14-22(20)23/h2-14,17,23,29H,15-16,27H2,1H3,(H,30,31). The number of fused-ring (bicyclic) bond motifs is 3. The average molecular weight is 447 g/mol. The third kappa shape index (κ3) is 4.20. The van der Waals surface area contributed by atoms with Crippen LogP contribution < -0.4 is 5.73 Å². The fourth-order valence-electron chi connectivity index (χ4n) is 4.42. The summed E-state index contributed by atoms with van der Waals surface area (Å²) in [7, 11) is 0. The molecule has 3 aromatic carbocycles. The second-order valence-corrected chi connectivity index (χ2v) is 8.25. The molecule has 1 aliphatic carbocycles. The molecule has 2 amide bonds. The average Bonchev–Trinajstić information content (AvgIpc) is 3.12. The summed E-state index contributed by atoms with van der Waals surface area (Å²) in [5.74, 6) is -0.232. The molecule has 4 rings (SSSR count). The Balaban J connectivity index is 1.59. The highest BCUT2D eigenvalue weighted by atomic mass is 16.6. The molecule has 1 aliphatic rings. The van der Waals surface area contributed by atoms with Gasteiger partial charge in [-0.1, -0.05) is 78.9 Å². The summed E-state index contributed by atoms with van der Waals surface area (Å²) in [5, 5.41) is 20.3. The Bertz CT molecular complexity index is 1120. The number of benzene rings is 3. The van der Waals surface area contributed by atoms with Gasteiger partial charge in [0.2, 0.25) is 0 Å². The van der Waals surface area contributed by atoms with Gasteiger partial charge >= 0.3 is 12.2 Å². The van der Waals surface area contributed by atoms with Crippen molar-refractivity contribution in [2.24, 2.45) is 5.73 Å². The maximum atomic E-state index is 13.0. The number of nitrogens with zero attached hydrogens (tertiary/aromatic N) is 1. The van der Waals surface area contributed by atoms with E-state index in [1.54, 1.807) is 24.3 Å². The number of carboxylic acid groups (broad SMARTS) is 1. The molecule has 4 N–H and O–H groups in total. The largest absolute Gasteiger partial charge is 0.464 e. The van der Waals surface area contributed by atoms with E-state index in [2.05, 4.69) is 0 Å². The lowest BCUT2D eigenvalue weighted by atomic mass is 9.94. The normalized spacial score (nSPS) is 15.1. The number of amides is 2. The van der Waals surface area contributed by atoms with E-state index in [4.69, 9.17) is 10.5 Å². The molecule has 7 heteroatoms. The molecule has 0 bridgehead atoms. The van der Waals surface area contributed by atoms with Crippen LogP contribution in [0, 0.1) is 0 Å². The first-order valence-electron chi connectivity index (χ1n) is 10.7. The van der Waals surface area contributed by atoms with Gasteiger partial charge in [0.25, 0.3) is 0 Å². The predicted molar refractivity (Wildman–Crippen MR) is 124 cm³/mol. The molecular weight excluding hydrogens is 420 g/mol. The van der Waals surface area contributed by atoms with Crippen LogP contribution in [0.5, 0.6) is 0 Å². The third-order valence-electron chi connectivity index (χ3n) is 6.18. The van der Waals surface area contributed by atoms with Crippen molar-refractivity contribution in [1.29, 1.82) is 0 Å². The van der Waals surface area contributed by atoms with E-state index in [0.29, 0.717) is 10.5 Å². The highest BCUT2D eigenvalue weighted by Gasteiger charge is 2.46. The van der Waals surface area contributed by atoms with Crippen LogP contribution in [0.3, 0.4) is 0 Å². The Morgan fingerprint density at radius 2 is 1.48 bits per heavy atom. The van der Waals surface area contributed by atoms with Gasteiger partial charge in [-0.25, -0.2) is 9.59 Å². The molecule has 2 unspecified atom stereocenters. The SMILES string of the molecule is CC(O)C(N)(Cc1ccccc1)N(C(=O)O)C(=O)OCC1c2ccccc2-c2ccccc21. The van der Waals surface area contributed by atoms with Crippen LogP contribution >= 0.6 is 0 Å². The van der Waals surface area contributed by atoms with Gasteiger partial charge in [0.05, 0.1) is 6.10 Å². The predicted octanol–water partition coefficient (Wildman–Crippen LogP) is 4.19. The van der Waals surface area contributed by atoms with Crippen LogP contribution in [0.1, 0.15) is 29.5 Å². The van der Waals surface area contributed by atoms with Crippen LogP contribution in [0.4, 0.5) is 9.59 Å². The highest BCUT2D eigenvalue weighted by Crippen LogP contribution is 2.44. The van der Waals surface area contributed by atoms with Crippen molar-refractivity contribution < 1.29 is 24.5 Å². The first-order valence-corrected chi connectivity index (χ1v) is 10.7. The van der Waals surface area contributed by atoms with Gasteiger partial charge in [-0.15, -0.1) is 0 Å². The Kier molecular flexibility index (Phi) is 6.18. The van der Waals surface area contributed by atoms with Gasteiger partial charge < -0.3 is 20.7 Å². The number of carbonyl (C=O) groups is 2. The lowest BCUT2D eigenvalue weighted by Gasteiger charge is -2.39. The van der Waals surface area contributed by atoms with Crippen molar-refractivity contribution in [3.63, 3.8) is 0 Å². The van der Waals surface area contributed by atoms with Crippen molar-refractivity contribution in [2.45, 2.75) is 31.0 Å². The molecule has 0 saturated carbocycles. The molecule has 0 aromatic heterocycles. The molecule has 170 valence electrons. The zero-order chi connectivity index (χ0) is 23.6. The highest BCUT2D eigenvalue weighted by molar-refractivity contribution is 5.88. The fourth-order valence-corrected chi connectivity index (χ4v) is 4.42. The van der Waals surface area contributed by atoms with E-state index < -0.39 is 24.0 Å². The summed E-state index contributed by atoms with van der Waals surface area (Å²) in [6.45, 7) is 1.30. The van der Waals surface area contributed by atoms with Crippen molar-refractivity contribution in [3.8, 4) is 11.1 Å². The Morgan fingerprint density at radius 1 is 0.970 bits per heavy atom. The van der Waals surface area contributed by atoms with Crippen LogP contribution in [0.15, 0.2) is 78.9 Å². The Morgan fingerprint density at radius 3 is 2.00 bits per heavy atom. The molecule has 0 spiro atoms. The van der Waals surface area contributed by atoms with Crippen molar-refractivity contribution in [3.05, 3.63) is 95.6 Å². The molecule has 33 heavy (non-hydrogen) atoms. The Labute approximate surface area is 192 Å². The van der Waals surface area contributed by atoms with Crippen LogP contribution in [-0.4, -0.2) is 45.7 Å². The lowest BCUT2D eigenvalue weighted by Crippen LogP contribution is -2.67. The first kappa shape index (κ1) is 22.5. The smallest absolute Gasteiger partial charge is 0.421 e. The number of hydrogen-bond donors (Lipinski definition) is 3. The number of imide groups is 1. The monoisotopic (exact) mass is 446 g/mol. The summed E-state index contributed by atoms with van der Waals surface area (Å²) in [5.41, 5.74) is 9.26. The Hall–Kier alpha value is -3.68. The number of aliphatic hydroxyl groups excluding tert-OH is 1. The van der Waals surface area contributed by atoms with Gasteiger partial charge in [-0.2, -0.15) is 4.90 Å². The summed E-state index contributed by atoms with van der Waals surface area (Å²) in [4.78, 5) is 25.5. The van der Waals surface area contributed by atoms with Crippen molar-refractivity contribution in [2.75, 3.05) is 6.61 Å². The molecule has 3 aromatic rings. The third-order valence-corrected chi connectivity index (χ3v) is 6.18. The topological polar surface area (TPSA) is 113 Å². The van der Waals surface area contributed by atoms with E-state index in [9.17, 15) is 19.8 Å². The maximum Gasteiger partial charge on any atom is 0.421 e. The van der Waals surface area contributed by atoms with Crippen LogP contribution in [-0.2, 0) is 11.2 Å². The van der Waals surface area contributed by atoms with Crippen LogP contribution in [0.25, 0.3) is 11.1 Å². The molecule has 7 nitrogen and oxygen atoms in total. The van der Waals surface area contributed by atoms with Gasteiger partial charge in [-0.05, 0) is 34.7 Å². The molecule has 0 saturated heterocycles. The lowest BCUT2D eigenvalue weighted by molar-refractivity contribution is -0.0121. The number of rotatable bonds is 6. The maximum absolute atomic E-state index is 13.0. The minimum atomic E-state index is -1.91. The molecule has 0 aliphatic heterocycles. The van der Waals surface area contributed by atoms with Gasteiger partial charge in [-0.3, -0.25) is 0 Å². The molecular formula is C26H26N2O5. The van der Waals surface area contributed by atoms with Crippen molar-refractivity contribution in [1.82, 2.24) is 4.90 Å². The molecule has 0 fully saturated rings. The zero-order valence-electron chi connectivity index (χ0n) is 18.2. The summed E-state index contributed by atoms with van der Waals surface area (Å²) in [6.07, 6.45) is -4.12. The number of hydrogen-bond acceptors (Lipinski definition) is 5. The second kappa shape index (κ2) is 9.05. The number of carbonyl (C=O) groups excluding carboxylic acids is 1. The second-order valence-electron chi connectivity index (χ2n) is 8.25. The van der Waals surface area contributed by atoms with Gasteiger partial charge in [0.15, 0.2) is 0 Å². The fraction of sp³-hybridized carbons (Fsp3) is 0.231. The summed E-state index contributed by atoms with van der Waals surface area (Å²) in [6, 6.07) is 24.6. The molecule has 0 radical (unpaired) electrons.